The highest BCUT2D eigenvalue weighted by Gasteiger charge is 2.11. The first-order valence-electron chi connectivity index (χ1n) is 6.70. The second kappa shape index (κ2) is 7.45. The molecule has 0 bridgehead atoms. The van der Waals surface area contributed by atoms with Gasteiger partial charge in [-0.3, -0.25) is 4.90 Å². The predicted molar refractivity (Wildman–Crippen MR) is 80.5 cm³/mol. The standard InChI is InChI=1S/C15H19ClN2O3/c1-11-7-13(17-21-11)8-18(2)9-14(19)10-20-15-5-3-12(16)4-6-15/h3-7,14,19H,8-10H2,1-2H3. The summed E-state index contributed by atoms with van der Waals surface area (Å²) in [6.07, 6.45) is -0.585. The first kappa shape index (κ1) is 15.8. The summed E-state index contributed by atoms with van der Waals surface area (Å²) in [4.78, 5) is 1.97. The number of aromatic nitrogens is 1. The number of aryl methyl sites for hydroxylation is 1. The van der Waals surface area contributed by atoms with Crippen LogP contribution in [0.5, 0.6) is 5.75 Å². The molecular weight excluding hydrogens is 292 g/mol. The van der Waals surface area contributed by atoms with E-state index >= 15 is 0 Å². The molecule has 1 N–H and O–H groups in total. The summed E-state index contributed by atoms with van der Waals surface area (Å²) >= 11 is 5.80. The van der Waals surface area contributed by atoms with E-state index in [-0.39, 0.29) is 6.61 Å². The largest absolute Gasteiger partial charge is 0.491 e. The minimum absolute atomic E-state index is 0.226. The van der Waals surface area contributed by atoms with Crippen LogP contribution in [0.1, 0.15) is 11.5 Å². The highest BCUT2D eigenvalue weighted by Crippen LogP contribution is 2.15. The molecule has 21 heavy (non-hydrogen) atoms. The molecule has 0 radical (unpaired) electrons. The molecule has 114 valence electrons. The Morgan fingerprint density at radius 3 is 2.71 bits per heavy atom. The molecule has 6 heteroatoms. The van der Waals surface area contributed by atoms with Crippen LogP contribution in [-0.2, 0) is 6.54 Å². The van der Waals surface area contributed by atoms with E-state index in [4.69, 9.17) is 20.9 Å². The fourth-order valence-corrected chi connectivity index (χ4v) is 2.10. The molecule has 5 nitrogen and oxygen atoms in total. The molecule has 0 aliphatic heterocycles. The monoisotopic (exact) mass is 310 g/mol. The zero-order valence-electron chi connectivity index (χ0n) is 12.1. The average Bonchev–Trinajstić information content (AvgIpc) is 2.83. The van der Waals surface area contributed by atoms with Gasteiger partial charge in [0.05, 0.1) is 5.69 Å². The van der Waals surface area contributed by atoms with E-state index in [9.17, 15) is 5.11 Å². The van der Waals surface area contributed by atoms with E-state index in [0.29, 0.717) is 23.9 Å². The van der Waals surface area contributed by atoms with Gasteiger partial charge >= 0.3 is 0 Å². The zero-order valence-corrected chi connectivity index (χ0v) is 12.9. The van der Waals surface area contributed by atoms with Crippen LogP contribution >= 0.6 is 11.6 Å². The normalized spacial score (nSPS) is 12.6. The molecule has 1 aromatic carbocycles. The van der Waals surface area contributed by atoms with Gasteiger partial charge in [0.1, 0.15) is 24.2 Å². The lowest BCUT2D eigenvalue weighted by Gasteiger charge is -2.19. The topological polar surface area (TPSA) is 58.7 Å². The molecule has 1 aromatic heterocycles. The number of hydrogen-bond donors (Lipinski definition) is 1. The fourth-order valence-electron chi connectivity index (χ4n) is 1.97. The summed E-state index contributed by atoms with van der Waals surface area (Å²) in [6, 6.07) is 8.94. The number of rotatable bonds is 7. The molecule has 0 saturated heterocycles. The molecule has 1 atom stereocenters. The molecule has 0 amide bonds. The second-order valence-corrected chi connectivity index (χ2v) is 5.48. The van der Waals surface area contributed by atoms with E-state index in [1.165, 1.54) is 0 Å². The van der Waals surface area contributed by atoms with Gasteiger partial charge in [-0.1, -0.05) is 16.8 Å². The SMILES string of the molecule is Cc1cc(CN(C)CC(O)COc2ccc(Cl)cc2)no1. The van der Waals surface area contributed by atoms with Crippen molar-refractivity contribution in [3.8, 4) is 5.75 Å². The smallest absolute Gasteiger partial charge is 0.133 e. The summed E-state index contributed by atoms with van der Waals surface area (Å²) in [7, 11) is 1.91. The summed E-state index contributed by atoms with van der Waals surface area (Å²) in [5.41, 5.74) is 0.848. The summed E-state index contributed by atoms with van der Waals surface area (Å²) in [6.45, 7) is 3.18. The van der Waals surface area contributed by atoms with E-state index in [0.717, 1.165) is 11.5 Å². The Hall–Kier alpha value is -1.56. The Balaban J connectivity index is 1.73. The van der Waals surface area contributed by atoms with Gasteiger partial charge in [0, 0.05) is 24.2 Å². The minimum Gasteiger partial charge on any atom is -0.491 e. The van der Waals surface area contributed by atoms with Crippen molar-refractivity contribution in [2.75, 3.05) is 20.2 Å². The number of nitrogens with zero attached hydrogens (tertiary/aromatic N) is 2. The zero-order chi connectivity index (χ0) is 15.2. The molecule has 0 fully saturated rings. The number of benzene rings is 1. The summed E-state index contributed by atoms with van der Waals surface area (Å²) in [5.74, 6) is 1.47. The molecule has 0 saturated carbocycles. The van der Waals surface area contributed by atoms with Crippen molar-refractivity contribution in [2.24, 2.45) is 0 Å². The van der Waals surface area contributed by atoms with Gasteiger partial charge < -0.3 is 14.4 Å². The van der Waals surface area contributed by atoms with Crippen LogP contribution in [0.2, 0.25) is 5.02 Å². The molecule has 1 unspecified atom stereocenters. The minimum atomic E-state index is -0.585. The Labute approximate surface area is 129 Å². The predicted octanol–water partition coefficient (Wildman–Crippen LogP) is 2.51. The quantitative estimate of drug-likeness (QED) is 0.851. The maximum absolute atomic E-state index is 9.98. The number of hydrogen-bond acceptors (Lipinski definition) is 5. The van der Waals surface area contributed by atoms with Crippen LogP contribution in [0.3, 0.4) is 0 Å². The van der Waals surface area contributed by atoms with Gasteiger partial charge in [0.25, 0.3) is 0 Å². The van der Waals surface area contributed by atoms with Crippen LogP contribution in [0.25, 0.3) is 0 Å². The first-order chi connectivity index (χ1) is 10.0. The second-order valence-electron chi connectivity index (χ2n) is 5.04. The maximum Gasteiger partial charge on any atom is 0.133 e. The summed E-state index contributed by atoms with van der Waals surface area (Å²) in [5, 5.41) is 14.6. The van der Waals surface area contributed by atoms with E-state index in [1.54, 1.807) is 24.3 Å². The van der Waals surface area contributed by atoms with Gasteiger partial charge in [0.15, 0.2) is 0 Å². The van der Waals surface area contributed by atoms with Crippen LogP contribution in [0.15, 0.2) is 34.9 Å². The molecule has 0 aliphatic rings. The molecular formula is C15H19ClN2O3. The van der Waals surface area contributed by atoms with Crippen molar-refractivity contribution < 1.29 is 14.4 Å². The van der Waals surface area contributed by atoms with Crippen LogP contribution in [0.4, 0.5) is 0 Å². The van der Waals surface area contributed by atoms with Crippen molar-refractivity contribution in [3.05, 3.63) is 46.8 Å². The van der Waals surface area contributed by atoms with Gasteiger partial charge in [0.2, 0.25) is 0 Å². The van der Waals surface area contributed by atoms with Gasteiger partial charge in [-0.05, 0) is 38.2 Å². The Morgan fingerprint density at radius 1 is 1.38 bits per heavy atom. The van der Waals surface area contributed by atoms with Crippen LogP contribution in [-0.4, -0.2) is 41.5 Å². The maximum atomic E-state index is 9.98. The third kappa shape index (κ3) is 5.38. The van der Waals surface area contributed by atoms with Crippen molar-refractivity contribution in [1.29, 1.82) is 0 Å². The molecule has 1 heterocycles. The highest BCUT2D eigenvalue weighted by atomic mass is 35.5. The van der Waals surface area contributed by atoms with E-state index < -0.39 is 6.10 Å². The van der Waals surface area contributed by atoms with E-state index in [2.05, 4.69) is 5.16 Å². The number of aliphatic hydroxyl groups is 1. The van der Waals surface area contributed by atoms with Crippen molar-refractivity contribution in [3.63, 3.8) is 0 Å². The lowest BCUT2D eigenvalue weighted by Crippen LogP contribution is -2.32. The van der Waals surface area contributed by atoms with Crippen LogP contribution in [0, 0.1) is 6.92 Å². The Bertz CT molecular complexity index is 556. The van der Waals surface area contributed by atoms with Crippen molar-refractivity contribution in [2.45, 2.75) is 19.6 Å². The third-order valence-corrected chi connectivity index (χ3v) is 3.14. The lowest BCUT2D eigenvalue weighted by atomic mass is 10.3. The van der Waals surface area contributed by atoms with Crippen LogP contribution < -0.4 is 4.74 Å². The number of halogens is 1. The van der Waals surface area contributed by atoms with Gasteiger partial charge in [-0.15, -0.1) is 0 Å². The van der Waals surface area contributed by atoms with Crippen molar-refractivity contribution >= 4 is 11.6 Å². The average molecular weight is 311 g/mol. The Kier molecular flexibility index (Phi) is 5.61. The number of likely N-dealkylation sites (N-methyl/N-ethyl adjacent to an activating group) is 1. The van der Waals surface area contributed by atoms with Gasteiger partial charge in [-0.2, -0.15) is 0 Å². The van der Waals surface area contributed by atoms with Crippen molar-refractivity contribution in [1.82, 2.24) is 10.1 Å². The first-order valence-corrected chi connectivity index (χ1v) is 7.08. The van der Waals surface area contributed by atoms with E-state index in [1.807, 2.05) is 24.9 Å². The molecule has 2 rings (SSSR count). The molecule has 0 aliphatic carbocycles. The Morgan fingerprint density at radius 2 is 2.10 bits per heavy atom. The van der Waals surface area contributed by atoms with Gasteiger partial charge in [-0.25, -0.2) is 0 Å². The fraction of sp³-hybridized carbons (Fsp3) is 0.400. The third-order valence-electron chi connectivity index (χ3n) is 2.89. The number of ether oxygens (including phenoxy) is 1. The number of aliphatic hydroxyl groups excluding tert-OH is 1. The molecule has 2 aromatic rings. The highest BCUT2D eigenvalue weighted by molar-refractivity contribution is 6.30. The summed E-state index contributed by atoms with van der Waals surface area (Å²) < 4.78 is 10.5. The lowest BCUT2D eigenvalue weighted by molar-refractivity contribution is 0.0738. The molecule has 0 spiro atoms.